The fourth-order valence-electron chi connectivity index (χ4n) is 2.24. The zero-order chi connectivity index (χ0) is 18.3. The maximum Gasteiger partial charge on any atom is 0.264 e. The highest BCUT2D eigenvalue weighted by Crippen LogP contribution is 2.18. The smallest absolute Gasteiger partial charge is 0.264 e. The first-order valence-corrected chi connectivity index (χ1v) is 9.36. The molecule has 25 heavy (non-hydrogen) atoms. The molecule has 0 saturated heterocycles. The van der Waals surface area contributed by atoms with Crippen LogP contribution in [0.25, 0.3) is 10.8 Å². The van der Waals surface area contributed by atoms with E-state index < -0.39 is 15.9 Å². The van der Waals surface area contributed by atoms with Crippen LogP contribution in [-0.2, 0) is 19.6 Å². The summed E-state index contributed by atoms with van der Waals surface area (Å²) in [6.07, 6.45) is -0.263. The molecule has 0 radical (unpaired) electrons. The summed E-state index contributed by atoms with van der Waals surface area (Å²) in [5.74, 6) is -1.01. The number of fused-ring (bicyclic) bond motifs is 1. The number of hydrogen-bond donors (Lipinski definition) is 3. The second kappa shape index (κ2) is 8.59. The Kier molecular flexibility index (Phi) is 6.49. The zero-order valence-electron chi connectivity index (χ0n) is 13.9. The van der Waals surface area contributed by atoms with Gasteiger partial charge < -0.3 is 10.6 Å². The van der Waals surface area contributed by atoms with E-state index in [1.165, 1.54) is 12.1 Å². The van der Waals surface area contributed by atoms with E-state index >= 15 is 0 Å². The fraction of sp³-hybridized carbons (Fsp3) is 0.294. The van der Waals surface area contributed by atoms with Gasteiger partial charge >= 0.3 is 0 Å². The number of carbonyl (C=O) groups excluding carboxylic acids is 2. The summed E-state index contributed by atoms with van der Waals surface area (Å²) in [6.45, 7) is 1.07. The summed E-state index contributed by atoms with van der Waals surface area (Å²) in [5.41, 5.74) is 0. The second-order valence-electron chi connectivity index (χ2n) is 5.49. The molecule has 0 aromatic heterocycles. The SMILES string of the molecule is CNCCNC(=O)CCC(=O)NS(=O)(=O)c1ccc2ccccc2c1. The van der Waals surface area contributed by atoms with Crippen LogP contribution in [0.2, 0.25) is 0 Å². The van der Waals surface area contributed by atoms with Crippen molar-refractivity contribution in [1.82, 2.24) is 15.4 Å². The van der Waals surface area contributed by atoms with Gasteiger partial charge in [0.25, 0.3) is 10.0 Å². The van der Waals surface area contributed by atoms with Gasteiger partial charge in [0.1, 0.15) is 0 Å². The largest absolute Gasteiger partial charge is 0.355 e. The Morgan fingerprint density at radius 1 is 0.920 bits per heavy atom. The Balaban J connectivity index is 1.95. The molecule has 0 saturated carbocycles. The third-order valence-electron chi connectivity index (χ3n) is 3.56. The molecule has 0 atom stereocenters. The minimum Gasteiger partial charge on any atom is -0.355 e. The molecule has 2 aromatic rings. The van der Waals surface area contributed by atoms with Gasteiger partial charge in [-0.05, 0) is 30.0 Å². The van der Waals surface area contributed by atoms with Crippen LogP contribution in [-0.4, -0.2) is 40.4 Å². The highest BCUT2D eigenvalue weighted by molar-refractivity contribution is 7.90. The minimum absolute atomic E-state index is 0.0121. The average molecular weight is 363 g/mol. The van der Waals surface area contributed by atoms with Gasteiger partial charge in [-0.1, -0.05) is 30.3 Å². The average Bonchev–Trinajstić information content (AvgIpc) is 2.59. The molecule has 2 amide bonds. The van der Waals surface area contributed by atoms with E-state index in [9.17, 15) is 18.0 Å². The Hall–Kier alpha value is -2.45. The fourth-order valence-corrected chi connectivity index (χ4v) is 3.29. The number of hydrogen-bond acceptors (Lipinski definition) is 5. The summed E-state index contributed by atoms with van der Waals surface area (Å²) in [6, 6.07) is 12.0. The van der Waals surface area contributed by atoms with Crippen molar-refractivity contribution >= 4 is 32.6 Å². The number of carbonyl (C=O) groups is 2. The highest BCUT2D eigenvalue weighted by Gasteiger charge is 2.18. The van der Waals surface area contributed by atoms with Crippen molar-refractivity contribution in [2.24, 2.45) is 0 Å². The molecule has 134 valence electrons. The van der Waals surface area contributed by atoms with E-state index in [4.69, 9.17) is 0 Å². The van der Waals surface area contributed by atoms with Crippen molar-refractivity contribution in [3.8, 4) is 0 Å². The van der Waals surface area contributed by atoms with Crippen LogP contribution in [0.4, 0.5) is 0 Å². The van der Waals surface area contributed by atoms with Crippen LogP contribution in [0.15, 0.2) is 47.4 Å². The lowest BCUT2D eigenvalue weighted by Gasteiger charge is -2.08. The lowest BCUT2D eigenvalue weighted by Crippen LogP contribution is -2.33. The lowest BCUT2D eigenvalue weighted by molar-refractivity contribution is -0.125. The first-order chi connectivity index (χ1) is 11.9. The standard InChI is InChI=1S/C17H21N3O4S/c1-18-10-11-19-16(21)8-9-17(22)20-25(23,24)15-7-6-13-4-2-3-5-14(13)12-15/h2-7,12,18H,8-11H2,1H3,(H,19,21)(H,20,22). The predicted octanol–water partition coefficient (Wildman–Crippen LogP) is 0.761. The first-order valence-electron chi connectivity index (χ1n) is 7.88. The molecule has 8 heteroatoms. The molecule has 0 spiro atoms. The van der Waals surface area contributed by atoms with Crippen molar-refractivity contribution < 1.29 is 18.0 Å². The number of benzene rings is 2. The maximum absolute atomic E-state index is 12.3. The van der Waals surface area contributed by atoms with Crippen LogP contribution in [0.3, 0.4) is 0 Å². The Labute approximate surface area is 146 Å². The molecular weight excluding hydrogens is 342 g/mol. The van der Waals surface area contributed by atoms with Crippen molar-refractivity contribution in [3.63, 3.8) is 0 Å². The van der Waals surface area contributed by atoms with Gasteiger partial charge in [0.2, 0.25) is 11.8 Å². The summed E-state index contributed by atoms with van der Waals surface area (Å²) in [4.78, 5) is 23.4. The molecule has 2 rings (SSSR count). The predicted molar refractivity (Wildman–Crippen MR) is 95.4 cm³/mol. The third kappa shape index (κ3) is 5.54. The van der Waals surface area contributed by atoms with Crippen LogP contribution < -0.4 is 15.4 Å². The molecule has 3 N–H and O–H groups in total. The molecule has 2 aromatic carbocycles. The van der Waals surface area contributed by atoms with Gasteiger partial charge in [-0.25, -0.2) is 13.1 Å². The lowest BCUT2D eigenvalue weighted by atomic mass is 10.1. The minimum atomic E-state index is -3.96. The van der Waals surface area contributed by atoms with E-state index in [0.29, 0.717) is 13.1 Å². The second-order valence-corrected chi connectivity index (χ2v) is 7.17. The molecular formula is C17H21N3O4S. The summed E-state index contributed by atoms with van der Waals surface area (Å²) < 4.78 is 26.6. The number of likely N-dealkylation sites (N-methyl/N-ethyl adjacent to an activating group) is 1. The summed E-state index contributed by atoms with van der Waals surface area (Å²) in [7, 11) is -2.20. The van der Waals surface area contributed by atoms with Gasteiger partial charge in [-0.3, -0.25) is 9.59 Å². The summed E-state index contributed by atoms with van der Waals surface area (Å²) >= 11 is 0. The van der Waals surface area contributed by atoms with Gasteiger partial charge in [-0.15, -0.1) is 0 Å². The number of amides is 2. The van der Waals surface area contributed by atoms with Crippen LogP contribution in [0.5, 0.6) is 0 Å². The van der Waals surface area contributed by atoms with Crippen molar-refractivity contribution in [2.75, 3.05) is 20.1 Å². The van der Waals surface area contributed by atoms with E-state index in [1.807, 2.05) is 22.9 Å². The van der Waals surface area contributed by atoms with Gasteiger partial charge in [-0.2, -0.15) is 0 Å². The van der Waals surface area contributed by atoms with Crippen molar-refractivity contribution in [2.45, 2.75) is 17.7 Å². The zero-order valence-corrected chi connectivity index (χ0v) is 14.7. The van der Waals surface area contributed by atoms with Crippen molar-refractivity contribution in [1.29, 1.82) is 0 Å². The number of sulfonamides is 1. The Bertz CT molecular complexity index is 865. The number of rotatable bonds is 8. The maximum atomic E-state index is 12.3. The molecule has 0 bridgehead atoms. The Morgan fingerprint density at radius 3 is 2.32 bits per heavy atom. The molecule has 0 heterocycles. The summed E-state index contributed by atoms with van der Waals surface area (Å²) in [5, 5.41) is 7.17. The Morgan fingerprint density at radius 2 is 1.60 bits per heavy atom. The normalized spacial score (nSPS) is 11.2. The highest BCUT2D eigenvalue weighted by atomic mass is 32.2. The van der Waals surface area contributed by atoms with Gasteiger partial charge in [0.05, 0.1) is 4.90 Å². The van der Waals surface area contributed by atoms with E-state index in [1.54, 1.807) is 19.2 Å². The van der Waals surface area contributed by atoms with E-state index in [-0.39, 0.29) is 23.6 Å². The molecule has 0 fully saturated rings. The van der Waals surface area contributed by atoms with Crippen molar-refractivity contribution in [3.05, 3.63) is 42.5 Å². The molecule has 0 aliphatic carbocycles. The number of nitrogens with one attached hydrogen (secondary N) is 3. The molecule has 0 aliphatic heterocycles. The first kappa shape index (κ1) is 18.9. The van der Waals surface area contributed by atoms with Gasteiger partial charge in [0.15, 0.2) is 0 Å². The topological polar surface area (TPSA) is 104 Å². The van der Waals surface area contributed by atoms with E-state index in [0.717, 1.165) is 10.8 Å². The van der Waals surface area contributed by atoms with Crippen LogP contribution >= 0.6 is 0 Å². The monoisotopic (exact) mass is 363 g/mol. The molecule has 0 aliphatic rings. The molecule has 0 unspecified atom stereocenters. The quantitative estimate of drug-likeness (QED) is 0.601. The van der Waals surface area contributed by atoms with Gasteiger partial charge in [0, 0.05) is 25.9 Å². The van der Waals surface area contributed by atoms with Crippen LogP contribution in [0, 0.1) is 0 Å². The third-order valence-corrected chi connectivity index (χ3v) is 4.93. The van der Waals surface area contributed by atoms with E-state index in [2.05, 4.69) is 10.6 Å². The van der Waals surface area contributed by atoms with Crippen LogP contribution in [0.1, 0.15) is 12.8 Å². The molecule has 7 nitrogen and oxygen atoms in total.